The molecule has 1 aromatic heterocycles. The summed E-state index contributed by atoms with van der Waals surface area (Å²) >= 11 is 0. The topological polar surface area (TPSA) is 63.3 Å². The van der Waals surface area contributed by atoms with Crippen molar-refractivity contribution in [2.45, 2.75) is 6.54 Å². The molecule has 0 spiro atoms. The maximum Gasteiger partial charge on any atom is 0.253 e. The highest BCUT2D eigenvalue weighted by Gasteiger charge is 2.10. The molecular weight excluding hydrogens is 330 g/mol. The molecule has 2 aromatic carbocycles. The minimum atomic E-state index is -0.719. The van der Waals surface area contributed by atoms with Crippen molar-refractivity contribution < 1.29 is 18.3 Å². The maximum atomic E-state index is 13.7. The molecule has 0 saturated heterocycles. The molecule has 130 valence electrons. The van der Waals surface area contributed by atoms with E-state index in [4.69, 9.17) is 9.47 Å². The fourth-order valence-electron chi connectivity index (χ4n) is 2.53. The zero-order chi connectivity index (χ0) is 18.0. The van der Waals surface area contributed by atoms with Crippen molar-refractivity contribution >= 4 is 16.6 Å². The molecule has 0 saturated carbocycles. The average molecular weight is 346 g/mol. The van der Waals surface area contributed by atoms with Gasteiger partial charge in [-0.2, -0.15) is 0 Å². The van der Waals surface area contributed by atoms with Gasteiger partial charge in [0.05, 0.1) is 25.4 Å². The molecule has 3 aromatic rings. The molecule has 3 rings (SSSR count). The van der Waals surface area contributed by atoms with Gasteiger partial charge in [0, 0.05) is 29.6 Å². The third-order valence-electron chi connectivity index (χ3n) is 3.83. The van der Waals surface area contributed by atoms with Gasteiger partial charge in [-0.15, -0.1) is 0 Å². The van der Waals surface area contributed by atoms with Crippen LogP contribution >= 0.6 is 0 Å². The Hall–Kier alpha value is -3.09. The third kappa shape index (κ3) is 3.40. The Labute approximate surface area is 142 Å². The zero-order valence-corrected chi connectivity index (χ0v) is 13.7. The van der Waals surface area contributed by atoms with Crippen LogP contribution in [0.25, 0.3) is 10.9 Å². The summed E-state index contributed by atoms with van der Waals surface area (Å²) in [6.45, 7) is 0.0855. The minimum Gasteiger partial charge on any atom is -0.493 e. The van der Waals surface area contributed by atoms with Gasteiger partial charge in [0.25, 0.3) is 5.56 Å². The lowest BCUT2D eigenvalue weighted by molar-refractivity contribution is 0.356. The molecular formula is C18H16F2N2O3. The zero-order valence-electron chi connectivity index (χ0n) is 13.7. The van der Waals surface area contributed by atoms with Gasteiger partial charge >= 0.3 is 0 Å². The predicted octanol–water partition coefficient (Wildman–Crippen LogP) is 3.44. The van der Waals surface area contributed by atoms with Gasteiger partial charge < -0.3 is 19.8 Å². The molecule has 0 fully saturated rings. The first-order valence-corrected chi connectivity index (χ1v) is 7.48. The van der Waals surface area contributed by atoms with E-state index in [0.29, 0.717) is 22.6 Å². The van der Waals surface area contributed by atoms with Crippen molar-refractivity contribution in [1.82, 2.24) is 4.98 Å². The summed E-state index contributed by atoms with van der Waals surface area (Å²) < 4.78 is 37.1. The lowest BCUT2D eigenvalue weighted by Gasteiger charge is -2.11. The Morgan fingerprint density at radius 2 is 1.76 bits per heavy atom. The smallest absolute Gasteiger partial charge is 0.253 e. The largest absolute Gasteiger partial charge is 0.493 e. The number of nitrogens with one attached hydrogen (secondary N) is 2. The summed E-state index contributed by atoms with van der Waals surface area (Å²) in [6.07, 6.45) is 0. The Kier molecular flexibility index (Phi) is 4.56. The van der Waals surface area contributed by atoms with E-state index in [1.165, 1.54) is 20.3 Å². The van der Waals surface area contributed by atoms with E-state index in [1.807, 2.05) is 0 Å². The summed E-state index contributed by atoms with van der Waals surface area (Å²) in [4.78, 5) is 15.0. The number of hydrogen-bond donors (Lipinski definition) is 2. The first kappa shape index (κ1) is 16.8. The number of aromatic nitrogens is 1. The standard InChI is InChI=1S/C18H16F2N2O3/c1-24-16-6-10-5-11(18(23)22-15(10)8-17(16)25-2)9-21-14-4-3-12(19)7-13(14)20/h3-8,21H,9H2,1-2H3,(H,22,23). The molecule has 0 aliphatic carbocycles. The van der Waals surface area contributed by atoms with Crippen LogP contribution in [-0.4, -0.2) is 19.2 Å². The van der Waals surface area contributed by atoms with Crippen molar-refractivity contribution in [3.8, 4) is 11.5 Å². The monoisotopic (exact) mass is 346 g/mol. The summed E-state index contributed by atoms with van der Waals surface area (Å²) in [5.41, 5.74) is 0.811. The number of aromatic amines is 1. The van der Waals surface area contributed by atoms with Gasteiger partial charge in [0.15, 0.2) is 11.5 Å². The lowest BCUT2D eigenvalue weighted by atomic mass is 10.1. The van der Waals surface area contributed by atoms with E-state index in [0.717, 1.165) is 17.5 Å². The molecule has 0 bridgehead atoms. The Morgan fingerprint density at radius 1 is 1.04 bits per heavy atom. The molecule has 25 heavy (non-hydrogen) atoms. The van der Waals surface area contributed by atoms with E-state index in [1.54, 1.807) is 18.2 Å². The number of methoxy groups -OCH3 is 2. The molecule has 0 aliphatic rings. The summed E-state index contributed by atoms with van der Waals surface area (Å²) in [5.74, 6) is -0.341. The average Bonchev–Trinajstić information content (AvgIpc) is 2.60. The summed E-state index contributed by atoms with van der Waals surface area (Å²) in [5, 5.41) is 3.54. The number of anilines is 1. The molecule has 0 amide bonds. The van der Waals surface area contributed by atoms with Crippen molar-refractivity contribution in [1.29, 1.82) is 0 Å². The molecule has 0 atom stereocenters. The van der Waals surface area contributed by atoms with Crippen LogP contribution in [0.2, 0.25) is 0 Å². The van der Waals surface area contributed by atoms with E-state index in [-0.39, 0.29) is 17.8 Å². The van der Waals surface area contributed by atoms with Gasteiger partial charge in [-0.1, -0.05) is 0 Å². The van der Waals surface area contributed by atoms with Gasteiger partial charge in [-0.3, -0.25) is 4.79 Å². The molecule has 0 radical (unpaired) electrons. The van der Waals surface area contributed by atoms with Crippen LogP contribution in [0.4, 0.5) is 14.5 Å². The summed E-state index contributed by atoms with van der Waals surface area (Å²) in [6, 6.07) is 8.31. The van der Waals surface area contributed by atoms with Gasteiger partial charge in [-0.05, 0) is 24.3 Å². The van der Waals surface area contributed by atoms with Gasteiger partial charge in [0.2, 0.25) is 0 Å². The second-order valence-electron chi connectivity index (χ2n) is 5.40. The normalized spacial score (nSPS) is 10.7. The quantitative estimate of drug-likeness (QED) is 0.743. The first-order chi connectivity index (χ1) is 12.0. The highest BCUT2D eigenvalue weighted by Crippen LogP contribution is 2.31. The van der Waals surface area contributed by atoms with E-state index in [2.05, 4.69) is 10.3 Å². The predicted molar refractivity (Wildman–Crippen MR) is 91.4 cm³/mol. The highest BCUT2D eigenvalue weighted by molar-refractivity contribution is 5.83. The maximum absolute atomic E-state index is 13.7. The highest BCUT2D eigenvalue weighted by atomic mass is 19.1. The van der Waals surface area contributed by atoms with Gasteiger partial charge in [-0.25, -0.2) is 8.78 Å². The number of rotatable bonds is 5. The number of hydrogen-bond acceptors (Lipinski definition) is 4. The molecule has 7 heteroatoms. The van der Waals surface area contributed by atoms with E-state index >= 15 is 0 Å². The molecule has 1 heterocycles. The number of benzene rings is 2. The second-order valence-corrected chi connectivity index (χ2v) is 5.40. The van der Waals surface area contributed by atoms with Crippen molar-refractivity contribution in [3.05, 3.63) is 63.9 Å². The SMILES string of the molecule is COc1cc2cc(CNc3ccc(F)cc3F)c(=O)[nH]c2cc1OC. The number of pyridine rings is 1. The summed E-state index contributed by atoms with van der Waals surface area (Å²) in [7, 11) is 3.03. The van der Waals surface area contributed by atoms with Crippen molar-refractivity contribution in [2.24, 2.45) is 0 Å². The molecule has 0 aliphatic heterocycles. The minimum absolute atomic E-state index is 0.0855. The second kappa shape index (κ2) is 6.80. The number of H-pyrrole nitrogens is 1. The van der Waals surface area contributed by atoms with Crippen molar-refractivity contribution in [3.63, 3.8) is 0 Å². The fraction of sp³-hybridized carbons (Fsp3) is 0.167. The molecule has 0 unspecified atom stereocenters. The molecule has 5 nitrogen and oxygen atoms in total. The first-order valence-electron chi connectivity index (χ1n) is 7.48. The number of fused-ring (bicyclic) bond motifs is 1. The van der Waals surface area contributed by atoms with Crippen LogP contribution in [0.1, 0.15) is 5.56 Å². The van der Waals surface area contributed by atoms with Crippen LogP contribution in [-0.2, 0) is 6.54 Å². The Morgan fingerprint density at radius 3 is 2.44 bits per heavy atom. The van der Waals surface area contributed by atoms with Crippen molar-refractivity contribution in [2.75, 3.05) is 19.5 Å². The van der Waals surface area contributed by atoms with E-state index in [9.17, 15) is 13.6 Å². The van der Waals surface area contributed by atoms with Crippen LogP contribution < -0.4 is 20.3 Å². The van der Waals surface area contributed by atoms with Crippen LogP contribution in [0, 0.1) is 11.6 Å². The third-order valence-corrected chi connectivity index (χ3v) is 3.83. The van der Waals surface area contributed by atoms with Crippen LogP contribution in [0.15, 0.2) is 41.2 Å². The van der Waals surface area contributed by atoms with E-state index < -0.39 is 11.6 Å². The number of ether oxygens (including phenoxy) is 2. The van der Waals surface area contributed by atoms with Crippen LogP contribution in [0.5, 0.6) is 11.5 Å². The Balaban J connectivity index is 1.93. The molecule has 2 N–H and O–H groups in total. The number of halogens is 2. The fourth-order valence-corrected chi connectivity index (χ4v) is 2.53. The van der Waals surface area contributed by atoms with Crippen LogP contribution in [0.3, 0.4) is 0 Å². The lowest BCUT2D eigenvalue weighted by Crippen LogP contribution is -2.16. The van der Waals surface area contributed by atoms with Gasteiger partial charge in [0.1, 0.15) is 11.6 Å². The Bertz CT molecular complexity index is 986.